The van der Waals surface area contributed by atoms with Gasteiger partial charge >= 0.3 is 12.6 Å². The number of alkyl halides is 2. The smallest absolute Gasteiger partial charge is 0.387 e. The molecule has 1 amide bonds. The van der Waals surface area contributed by atoms with Crippen molar-refractivity contribution in [1.82, 2.24) is 0 Å². The first kappa shape index (κ1) is 18.2. The topological polar surface area (TPSA) is 64.6 Å². The molecule has 24 heavy (non-hydrogen) atoms. The van der Waals surface area contributed by atoms with Gasteiger partial charge in [0.05, 0.1) is 0 Å². The van der Waals surface area contributed by atoms with Crippen molar-refractivity contribution in [2.45, 2.75) is 45.1 Å². The molecule has 1 aliphatic carbocycles. The summed E-state index contributed by atoms with van der Waals surface area (Å²) in [5.41, 5.74) is 0.407. The van der Waals surface area contributed by atoms with Gasteiger partial charge in [0.25, 0.3) is 5.91 Å². The second kappa shape index (κ2) is 9.20. The van der Waals surface area contributed by atoms with E-state index in [0.29, 0.717) is 18.0 Å². The normalized spacial score (nSPS) is 15.1. The zero-order chi connectivity index (χ0) is 17.4. The highest BCUT2D eigenvalue weighted by Crippen LogP contribution is 2.26. The van der Waals surface area contributed by atoms with E-state index in [1.807, 2.05) is 0 Å². The average Bonchev–Trinajstić information content (AvgIpc) is 2.55. The van der Waals surface area contributed by atoms with E-state index in [2.05, 4.69) is 10.1 Å². The standard InChI is InChI=1S/C17H21F2NO4/c18-17(19)24-14-8-6-13(7-9-14)20-15(21)11-23-16(22)10-12-4-2-1-3-5-12/h6-9,12,17H,1-5,10-11H2,(H,20,21). The molecule has 1 saturated carbocycles. The summed E-state index contributed by atoms with van der Waals surface area (Å²) in [7, 11) is 0. The van der Waals surface area contributed by atoms with E-state index in [4.69, 9.17) is 4.74 Å². The lowest BCUT2D eigenvalue weighted by Gasteiger charge is -2.20. The van der Waals surface area contributed by atoms with Crippen LogP contribution in [-0.4, -0.2) is 25.1 Å². The number of halogens is 2. The van der Waals surface area contributed by atoms with Crippen LogP contribution in [0.1, 0.15) is 38.5 Å². The second-order valence-corrected chi connectivity index (χ2v) is 5.82. The Hall–Kier alpha value is -2.18. The first-order valence-corrected chi connectivity index (χ1v) is 8.03. The molecule has 2 rings (SSSR count). The first-order chi connectivity index (χ1) is 11.5. The predicted octanol–water partition coefficient (Wildman–Crippen LogP) is 3.74. The molecule has 0 saturated heterocycles. The van der Waals surface area contributed by atoms with Crippen LogP contribution >= 0.6 is 0 Å². The molecule has 0 radical (unpaired) electrons. The predicted molar refractivity (Wildman–Crippen MR) is 83.9 cm³/mol. The number of esters is 1. The Morgan fingerprint density at radius 3 is 2.42 bits per heavy atom. The van der Waals surface area contributed by atoms with E-state index in [0.717, 1.165) is 25.7 Å². The van der Waals surface area contributed by atoms with Gasteiger partial charge in [0.1, 0.15) is 5.75 Å². The molecular weight excluding hydrogens is 320 g/mol. The average molecular weight is 341 g/mol. The van der Waals surface area contributed by atoms with Gasteiger partial charge in [0.2, 0.25) is 0 Å². The van der Waals surface area contributed by atoms with Crippen molar-refractivity contribution in [3.05, 3.63) is 24.3 Å². The number of hydrogen-bond acceptors (Lipinski definition) is 4. The summed E-state index contributed by atoms with van der Waals surface area (Å²) in [6.07, 6.45) is 5.93. The van der Waals surface area contributed by atoms with Crippen molar-refractivity contribution in [3.63, 3.8) is 0 Å². The van der Waals surface area contributed by atoms with E-state index < -0.39 is 12.5 Å². The lowest BCUT2D eigenvalue weighted by atomic mass is 9.87. The number of carbonyl (C=O) groups is 2. The molecule has 7 heteroatoms. The lowest BCUT2D eigenvalue weighted by molar-refractivity contribution is -0.148. The first-order valence-electron chi connectivity index (χ1n) is 8.03. The van der Waals surface area contributed by atoms with Crippen LogP contribution < -0.4 is 10.1 Å². The molecule has 0 aromatic heterocycles. The second-order valence-electron chi connectivity index (χ2n) is 5.82. The van der Waals surface area contributed by atoms with Crippen molar-refractivity contribution >= 4 is 17.6 Å². The summed E-state index contributed by atoms with van der Waals surface area (Å²) in [6.45, 7) is -3.25. The minimum atomic E-state index is -2.89. The van der Waals surface area contributed by atoms with Gasteiger partial charge in [-0.05, 0) is 43.0 Å². The van der Waals surface area contributed by atoms with Gasteiger partial charge in [-0.1, -0.05) is 19.3 Å². The molecule has 0 spiro atoms. The van der Waals surface area contributed by atoms with E-state index in [9.17, 15) is 18.4 Å². The molecule has 0 bridgehead atoms. The summed E-state index contributed by atoms with van der Waals surface area (Å²) in [4.78, 5) is 23.5. The summed E-state index contributed by atoms with van der Waals surface area (Å²) in [6, 6.07) is 5.49. The minimum Gasteiger partial charge on any atom is -0.456 e. The fraction of sp³-hybridized carbons (Fsp3) is 0.529. The molecular formula is C17H21F2NO4. The molecule has 132 valence electrons. The monoisotopic (exact) mass is 341 g/mol. The Bertz CT molecular complexity index is 542. The molecule has 5 nitrogen and oxygen atoms in total. The van der Waals surface area contributed by atoms with Gasteiger partial charge in [-0.25, -0.2) is 0 Å². The fourth-order valence-corrected chi connectivity index (χ4v) is 2.75. The van der Waals surface area contributed by atoms with E-state index in [1.165, 1.54) is 30.7 Å². The van der Waals surface area contributed by atoms with Crippen molar-refractivity contribution in [3.8, 4) is 5.75 Å². The fourth-order valence-electron chi connectivity index (χ4n) is 2.75. The van der Waals surface area contributed by atoms with E-state index >= 15 is 0 Å². The van der Waals surface area contributed by atoms with Crippen LogP contribution in [0, 0.1) is 5.92 Å². The molecule has 1 aromatic carbocycles. The molecule has 1 N–H and O–H groups in total. The lowest BCUT2D eigenvalue weighted by Crippen LogP contribution is -2.22. The van der Waals surface area contributed by atoms with Crippen molar-refractivity contribution in [1.29, 1.82) is 0 Å². The van der Waals surface area contributed by atoms with E-state index in [-0.39, 0.29) is 18.3 Å². The number of rotatable bonds is 7. The Labute approximate surface area is 139 Å². The molecule has 0 atom stereocenters. The van der Waals surface area contributed by atoms with Gasteiger partial charge in [0.15, 0.2) is 6.61 Å². The summed E-state index contributed by atoms with van der Waals surface area (Å²) in [5, 5.41) is 2.52. The van der Waals surface area contributed by atoms with Crippen LogP contribution in [0.2, 0.25) is 0 Å². The van der Waals surface area contributed by atoms with Crippen molar-refractivity contribution in [2.75, 3.05) is 11.9 Å². The molecule has 0 heterocycles. The van der Waals surface area contributed by atoms with Crippen LogP contribution in [0.3, 0.4) is 0 Å². The van der Waals surface area contributed by atoms with Gasteiger partial charge in [0, 0.05) is 12.1 Å². The Kier molecular flexibility index (Phi) is 6.96. The number of hydrogen-bond donors (Lipinski definition) is 1. The minimum absolute atomic E-state index is 0.00177. The summed E-state index contributed by atoms with van der Waals surface area (Å²) >= 11 is 0. The Morgan fingerprint density at radius 2 is 1.79 bits per heavy atom. The summed E-state index contributed by atoms with van der Waals surface area (Å²) < 4.78 is 33.3. The Morgan fingerprint density at radius 1 is 1.12 bits per heavy atom. The third-order valence-electron chi connectivity index (χ3n) is 3.91. The van der Waals surface area contributed by atoms with E-state index in [1.54, 1.807) is 0 Å². The van der Waals surface area contributed by atoms with Crippen LogP contribution in [0.15, 0.2) is 24.3 Å². The Balaban J connectivity index is 1.69. The molecule has 0 aliphatic heterocycles. The number of nitrogens with one attached hydrogen (secondary N) is 1. The largest absolute Gasteiger partial charge is 0.456 e. The van der Waals surface area contributed by atoms with Gasteiger partial charge < -0.3 is 14.8 Å². The molecule has 1 aliphatic rings. The molecule has 0 unspecified atom stereocenters. The number of carbonyl (C=O) groups excluding carboxylic acids is 2. The quantitative estimate of drug-likeness (QED) is 0.767. The number of amides is 1. The van der Waals surface area contributed by atoms with Gasteiger partial charge in [-0.2, -0.15) is 8.78 Å². The zero-order valence-electron chi connectivity index (χ0n) is 13.3. The van der Waals surface area contributed by atoms with Crippen LogP contribution in [0.25, 0.3) is 0 Å². The van der Waals surface area contributed by atoms with Crippen LogP contribution in [0.5, 0.6) is 5.75 Å². The van der Waals surface area contributed by atoms with Crippen LogP contribution in [-0.2, 0) is 14.3 Å². The third-order valence-corrected chi connectivity index (χ3v) is 3.91. The van der Waals surface area contributed by atoms with Crippen molar-refractivity contribution < 1.29 is 27.8 Å². The highest BCUT2D eigenvalue weighted by atomic mass is 19.3. The van der Waals surface area contributed by atoms with Gasteiger partial charge in [-0.3, -0.25) is 9.59 Å². The maximum atomic E-state index is 12.0. The highest BCUT2D eigenvalue weighted by Gasteiger charge is 2.18. The highest BCUT2D eigenvalue weighted by molar-refractivity contribution is 5.92. The summed E-state index contributed by atoms with van der Waals surface area (Å²) in [5.74, 6) is -0.481. The number of benzene rings is 1. The van der Waals surface area contributed by atoms with Crippen LogP contribution in [0.4, 0.5) is 14.5 Å². The number of ether oxygens (including phenoxy) is 2. The third kappa shape index (κ3) is 6.52. The maximum absolute atomic E-state index is 12.0. The molecule has 1 fully saturated rings. The zero-order valence-corrected chi connectivity index (χ0v) is 13.3. The molecule has 1 aromatic rings. The van der Waals surface area contributed by atoms with Gasteiger partial charge in [-0.15, -0.1) is 0 Å². The SMILES string of the molecule is O=C(COC(=O)CC1CCCCC1)Nc1ccc(OC(F)F)cc1. The van der Waals surface area contributed by atoms with Crippen molar-refractivity contribution in [2.24, 2.45) is 5.92 Å². The number of anilines is 1. The maximum Gasteiger partial charge on any atom is 0.387 e.